The summed E-state index contributed by atoms with van der Waals surface area (Å²) in [5.74, 6) is 0.00565. The summed E-state index contributed by atoms with van der Waals surface area (Å²) < 4.78 is 44.1. The minimum absolute atomic E-state index is 0.00356. The fourth-order valence-corrected chi connectivity index (χ4v) is 3.93. The van der Waals surface area contributed by atoms with Gasteiger partial charge in [-0.1, -0.05) is 18.2 Å². The molecule has 35 heavy (non-hydrogen) atoms. The Balaban J connectivity index is 1.51. The summed E-state index contributed by atoms with van der Waals surface area (Å²) in [6, 6.07) is 14.3. The number of aryl methyl sites for hydroxylation is 1. The van der Waals surface area contributed by atoms with Crippen molar-refractivity contribution in [2.45, 2.75) is 26.0 Å². The van der Waals surface area contributed by atoms with Crippen molar-refractivity contribution in [2.75, 3.05) is 12.4 Å². The van der Waals surface area contributed by atoms with E-state index in [2.05, 4.69) is 15.3 Å². The summed E-state index contributed by atoms with van der Waals surface area (Å²) in [5.41, 5.74) is 1.94. The Kier molecular flexibility index (Phi) is 5.90. The Bertz CT molecular complexity index is 1400. The van der Waals surface area contributed by atoms with Crippen LogP contribution in [-0.2, 0) is 17.7 Å². The Morgan fingerprint density at radius 2 is 1.86 bits per heavy atom. The molecule has 1 atom stereocenters. The Morgan fingerprint density at radius 1 is 1.06 bits per heavy atom. The van der Waals surface area contributed by atoms with E-state index < -0.39 is 23.7 Å². The lowest BCUT2D eigenvalue weighted by Gasteiger charge is -2.13. The maximum Gasteiger partial charge on any atom is 0.343 e. The molecule has 2 aromatic carbocycles. The van der Waals surface area contributed by atoms with Gasteiger partial charge in [0.15, 0.2) is 5.76 Å². The van der Waals surface area contributed by atoms with Gasteiger partial charge in [0.1, 0.15) is 46.2 Å². The molecular weight excluding hydrogens is 456 g/mol. The van der Waals surface area contributed by atoms with Gasteiger partial charge in [0.25, 0.3) is 0 Å². The first-order chi connectivity index (χ1) is 16.9. The van der Waals surface area contributed by atoms with Crippen molar-refractivity contribution in [3.8, 4) is 17.2 Å². The smallest absolute Gasteiger partial charge is 0.343 e. The molecule has 9 heteroatoms. The topological polar surface area (TPSA) is 86.5 Å². The van der Waals surface area contributed by atoms with Crippen LogP contribution in [-0.4, -0.2) is 23.0 Å². The first-order valence-electron chi connectivity index (χ1n) is 10.9. The van der Waals surface area contributed by atoms with Crippen molar-refractivity contribution in [3.63, 3.8) is 0 Å². The van der Waals surface area contributed by atoms with Gasteiger partial charge in [-0.05, 0) is 48.4 Å². The predicted octanol–water partition coefficient (Wildman–Crippen LogP) is 5.40. The number of ether oxygens (including phenoxy) is 2. The molecule has 1 aliphatic rings. The second-order valence-corrected chi connectivity index (χ2v) is 8.10. The van der Waals surface area contributed by atoms with Crippen LogP contribution in [0.1, 0.15) is 39.0 Å². The number of fused-ring (bicyclic) bond motifs is 1. The van der Waals surface area contributed by atoms with E-state index in [4.69, 9.17) is 13.9 Å². The molecule has 3 heterocycles. The molecule has 178 valence electrons. The van der Waals surface area contributed by atoms with Gasteiger partial charge in [0, 0.05) is 19.0 Å². The van der Waals surface area contributed by atoms with Gasteiger partial charge in [-0.3, -0.25) is 0 Å². The number of cyclic esters (lactones) is 1. The van der Waals surface area contributed by atoms with Gasteiger partial charge in [-0.15, -0.1) is 0 Å². The number of anilines is 1. The van der Waals surface area contributed by atoms with Crippen molar-refractivity contribution in [3.05, 3.63) is 94.4 Å². The highest BCUT2D eigenvalue weighted by Crippen LogP contribution is 2.38. The number of hydrogen-bond acceptors (Lipinski definition) is 7. The molecule has 0 fully saturated rings. The number of methoxy groups -OCH3 is 1. The zero-order valence-electron chi connectivity index (χ0n) is 19.0. The van der Waals surface area contributed by atoms with E-state index >= 15 is 0 Å². The minimum atomic E-state index is -0.864. The summed E-state index contributed by atoms with van der Waals surface area (Å²) in [6.45, 7) is 2.19. The molecule has 1 aliphatic heterocycles. The molecule has 7 nitrogen and oxygen atoms in total. The number of carbonyl (C=O) groups is 1. The van der Waals surface area contributed by atoms with Crippen LogP contribution in [0.2, 0.25) is 0 Å². The third-order valence-electron chi connectivity index (χ3n) is 5.70. The summed E-state index contributed by atoms with van der Waals surface area (Å²) >= 11 is 0. The Labute approximate surface area is 199 Å². The van der Waals surface area contributed by atoms with Crippen LogP contribution in [0.15, 0.2) is 59.0 Å². The van der Waals surface area contributed by atoms with Crippen LogP contribution in [0, 0.1) is 18.6 Å². The molecule has 0 saturated heterocycles. The second kappa shape index (κ2) is 9.17. The molecule has 0 saturated carbocycles. The largest absolute Gasteiger partial charge is 0.497 e. The molecule has 4 aromatic rings. The number of nitrogens with zero attached hydrogens (tertiary/aromatic N) is 2. The van der Waals surface area contributed by atoms with Crippen LogP contribution in [0.4, 0.5) is 14.7 Å². The number of carbonyl (C=O) groups excluding carboxylic acids is 1. The zero-order chi connectivity index (χ0) is 24.5. The first kappa shape index (κ1) is 22.5. The number of furan rings is 1. The van der Waals surface area contributed by atoms with E-state index in [9.17, 15) is 13.6 Å². The molecule has 0 spiro atoms. The summed E-state index contributed by atoms with van der Waals surface area (Å²) in [7, 11) is 1.60. The van der Waals surface area contributed by atoms with Crippen LogP contribution in [0.25, 0.3) is 11.5 Å². The van der Waals surface area contributed by atoms with E-state index in [0.29, 0.717) is 23.8 Å². The lowest BCUT2D eigenvalue weighted by Crippen LogP contribution is -2.10. The molecule has 1 N–H and O–H groups in total. The third-order valence-corrected chi connectivity index (χ3v) is 5.70. The molecule has 2 aromatic heterocycles. The summed E-state index contributed by atoms with van der Waals surface area (Å²) in [4.78, 5) is 21.9. The molecule has 0 amide bonds. The van der Waals surface area contributed by atoms with Gasteiger partial charge in [-0.25, -0.2) is 23.5 Å². The predicted molar refractivity (Wildman–Crippen MR) is 123 cm³/mol. The molecule has 0 radical (unpaired) electrons. The monoisotopic (exact) mass is 477 g/mol. The number of esters is 1. The zero-order valence-corrected chi connectivity index (χ0v) is 19.0. The van der Waals surface area contributed by atoms with E-state index in [-0.39, 0.29) is 29.2 Å². The lowest BCUT2D eigenvalue weighted by molar-refractivity contribution is 0.0381. The maximum atomic E-state index is 14.3. The van der Waals surface area contributed by atoms with Gasteiger partial charge in [-0.2, -0.15) is 0 Å². The Hall–Kier alpha value is -4.27. The molecular formula is C26H21F2N3O4. The minimum Gasteiger partial charge on any atom is -0.497 e. The van der Waals surface area contributed by atoms with Crippen LogP contribution >= 0.6 is 0 Å². The van der Waals surface area contributed by atoms with Gasteiger partial charge in [0.05, 0.1) is 7.11 Å². The van der Waals surface area contributed by atoms with E-state index in [1.165, 1.54) is 6.07 Å². The summed E-state index contributed by atoms with van der Waals surface area (Å²) in [5, 5.41) is 3.17. The van der Waals surface area contributed by atoms with E-state index in [1.807, 2.05) is 24.3 Å². The maximum absolute atomic E-state index is 14.3. The standard InChI is InChI=1S/C26H21F2N3O4/c1-14-3-10-20(34-14)23-22-24(21(35-25(22)32)11-16-6-7-17(27)12-19(16)28)31-26(30-23)29-13-15-4-8-18(33-2)9-5-15/h3-10,12,21H,11,13H2,1-2H3,(H,29,30,31). The molecule has 1 unspecified atom stereocenters. The molecule has 0 bridgehead atoms. The normalized spacial score (nSPS) is 14.5. The average molecular weight is 477 g/mol. The number of halogens is 2. The number of hydrogen-bond donors (Lipinski definition) is 1. The highest BCUT2D eigenvalue weighted by atomic mass is 19.1. The quantitative estimate of drug-likeness (QED) is 0.357. The average Bonchev–Trinajstić information content (AvgIpc) is 3.42. The van der Waals surface area contributed by atoms with Gasteiger partial charge in [0.2, 0.25) is 5.95 Å². The molecule has 5 rings (SSSR count). The first-order valence-corrected chi connectivity index (χ1v) is 10.9. The summed E-state index contributed by atoms with van der Waals surface area (Å²) in [6.07, 6.45) is -0.868. The van der Waals surface area contributed by atoms with Crippen molar-refractivity contribution in [1.29, 1.82) is 0 Å². The van der Waals surface area contributed by atoms with E-state index in [0.717, 1.165) is 23.4 Å². The number of nitrogens with one attached hydrogen (secondary N) is 1. The number of rotatable bonds is 7. The lowest BCUT2D eigenvalue weighted by atomic mass is 10.0. The number of aromatic nitrogens is 2. The van der Waals surface area contributed by atoms with Crippen LogP contribution in [0.3, 0.4) is 0 Å². The van der Waals surface area contributed by atoms with Crippen LogP contribution < -0.4 is 10.1 Å². The highest BCUT2D eigenvalue weighted by Gasteiger charge is 2.38. The van der Waals surface area contributed by atoms with Crippen molar-refractivity contribution in [1.82, 2.24) is 9.97 Å². The van der Waals surface area contributed by atoms with Gasteiger partial charge < -0.3 is 19.2 Å². The van der Waals surface area contributed by atoms with Crippen LogP contribution in [0.5, 0.6) is 5.75 Å². The van der Waals surface area contributed by atoms with Crippen molar-refractivity contribution < 1.29 is 27.5 Å². The van der Waals surface area contributed by atoms with E-state index in [1.54, 1.807) is 26.2 Å². The SMILES string of the molecule is COc1ccc(CNc2nc(-c3ccc(C)o3)c3c(n2)C(Cc2ccc(F)cc2F)OC3=O)cc1. The van der Waals surface area contributed by atoms with Crippen molar-refractivity contribution >= 4 is 11.9 Å². The fourth-order valence-electron chi connectivity index (χ4n) is 3.93. The fraction of sp³-hybridized carbons (Fsp3) is 0.192. The number of benzene rings is 2. The van der Waals surface area contributed by atoms with Crippen molar-refractivity contribution in [2.24, 2.45) is 0 Å². The highest BCUT2D eigenvalue weighted by molar-refractivity contribution is 5.99. The molecule has 0 aliphatic carbocycles. The second-order valence-electron chi connectivity index (χ2n) is 8.10. The van der Waals surface area contributed by atoms with Gasteiger partial charge >= 0.3 is 5.97 Å². The Morgan fingerprint density at radius 3 is 2.54 bits per heavy atom. The third kappa shape index (κ3) is 4.57.